The Balaban J connectivity index is 2.00. The van der Waals surface area contributed by atoms with Gasteiger partial charge >= 0.3 is 0 Å². The molecule has 4 heteroatoms. The zero-order valence-corrected chi connectivity index (χ0v) is 12.5. The smallest absolute Gasteiger partial charge is 0.253 e. The molecule has 3 nitrogen and oxygen atoms in total. The Morgan fingerprint density at radius 3 is 2.63 bits per heavy atom. The van der Waals surface area contributed by atoms with Crippen molar-refractivity contribution in [1.29, 1.82) is 0 Å². The van der Waals surface area contributed by atoms with Crippen molar-refractivity contribution >= 4 is 23.4 Å². The maximum atomic E-state index is 11.8. The van der Waals surface area contributed by atoms with Gasteiger partial charge in [0.15, 0.2) is 0 Å². The van der Waals surface area contributed by atoms with Crippen molar-refractivity contribution in [2.45, 2.75) is 30.6 Å². The summed E-state index contributed by atoms with van der Waals surface area (Å²) in [4.78, 5) is 14.5. The first-order valence-electron chi connectivity index (χ1n) is 6.82. The van der Waals surface area contributed by atoms with Crippen molar-refractivity contribution in [2.24, 2.45) is 5.92 Å². The lowest BCUT2D eigenvalue weighted by atomic mass is 10.1. The summed E-state index contributed by atoms with van der Waals surface area (Å²) in [6.45, 7) is 0. The number of carbonyl (C=O) groups is 1. The highest BCUT2D eigenvalue weighted by Crippen LogP contribution is 2.33. The topological polar surface area (TPSA) is 46.3 Å². The molecule has 104 valence electrons. The number of thioether (sulfide) groups is 1. The number of benzene rings is 1. The quantitative estimate of drug-likeness (QED) is 0.679. The molecule has 1 fully saturated rings. The van der Waals surface area contributed by atoms with Crippen LogP contribution in [-0.2, 0) is 0 Å². The fraction of sp³-hybridized carbons (Fsp3) is 0.533. The summed E-state index contributed by atoms with van der Waals surface area (Å²) in [5.41, 5.74) is 7.43. The molecule has 1 amide bonds. The zero-order valence-electron chi connectivity index (χ0n) is 11.7. The highest BCUT2D eigenvalue weighted by atomic mass is 32.2. The van der Waals surface area contributed by atoms with E-state index in [1.165, 1.54) is 25.7 Å². The molecule has 2 rings (SSSR count). The molecular formula is C15H22N2OS. The Hall–Kier alpha value is -1.16. The van der Waals surface area contributed by atoms with Gasteiger partial charge in [0.2, 0.25) is 0 Å². The minimum Gasteiger partial charge on any atom is -0.398 e. The molecule has 2 N–H and O–H groups in total. The number of hydrogen-bond donors (Lipinski definition) is 1. The number of carbonyl (C=O) groups excluding carboxylic acids is 1. The lowest BCUT2D eigenvalue weighted by molar-refractivity contribution is 0.0827. The fourth-order valence-electron chi connectivity index (χ4n) is 2.46. The molecule has 0 aliphatic heterocycles. The number of nitrogens with zero attached hydrogens (tertiary/aromatic N) is 1. The Bertz CT molecular complexity index is 453. The third-order valence-electron chi connectivity index (χ3n) is 3.61. The van der Waals surface area contributed by atoms with Gasteiger partial charge in [0.25, 0.3) is 5.91 Å². The van der Waals surface area contributed by atoms with E-state index in [-0.39, 0.29) is 5.91 Å². The van der Waals surface area contributed by atoms with E-state index in [1.54, 1.807) is 25.1 Å². The molecule has 0 aromatic heterocycles. The van der Waals surface area contributed by atoms with Crippen molar-refractivity contribution in [3.63, 3.8) is 0 Å². The Kier molecular flexibility index (Phi) is 4.75. The maximum absolute atomic E-state index is 11.8. The van der Waals surface area contributed by atoms with Crippen LogP contribution in [0.15, 0.2) is 23.1 Å². The second kappa shape index (κ2) is 6.33. The SMILES string of the molecule is CN(C)C(=O)c1ccc(SCC2CCCC2)c(N)c1. The molecule has 1 saturated carbocycles. The predicted octanol–water partition coefficient (Wildman–Crippen LogP) is 3.25. The highest BCUT2D eigenvalue weighted by Gasteiger charge is 2.16. The van der Waals surface area contributed by atoms with Gasteiger partial charge in [0.1, 0.15) is 0 Å². The molecule has 1 aliphatic rings. The first kappa shape index (κ1) is 14.3. The van der Waals surface area contributed by atoms with E-state index in [0.29, 0.717) is 5.56 Å². The third kappa shape index (κ3) is 3.66. The van der Waals surface area contributed by atoms with Gasteiger partial charge in [0.05, 0.1) is 0 Å². The first-order chi connectivity index (χ1) is 9.08. The van der Waals surface area contributed by atoms with Crippen LogP contribution in [0.4, 0.5) is 5.69 Å². The average Bonchev–Trinajstić information content (AvgIpc) is 2.89. The molecule has 19 heavy (non-hydrogen) atoms. The molecule has 0 heterocycles. The van der Waals surface area contributed by atoms with Crippen LogP contribution >= 0.6 is 11.8 Å². The summed E-state index contributed by atoms with van der Waals surface area (Å²) in [6.07, 6.45) is 5.45. The van der Waals surface area contributed by atoms with Gasteiger partial charge in [-0.2, -0.15) is 0 Å². The van der Waals surface area contributed by atoms with Gasteiger partial charge in [-0.05, 0) is 37.0 Å². The summed E-state index contributed by atoms with van der Waals surface area (Å²) >= 11 is 1.82. The van der Waals surface area contributed by atoms with Crippen LogP contribution in [0.25, 0.3) is 0 Å². The van der Waals surface area contributed by atoms with Crippen LogP contribution in [0.5, 0.6) is 0 Å². The van der Waals surface area contributed by atoms with Gasteiger partial charge in [0, 0.05) is 36.0 Å². The molecule has 1 aromatic rings. The maximum Gasteiger partial charge on any atom is 0.253 e. The molecule has 1 aliphatic carbocycles. The van der Waals surface area contributed by atoms with E-state index >= 15 is 0 Å². The van der Waals surface area contributed by atoms with Crippen LogP contribution in [0.1, 0.15) is 36.0 Å². The van der Waals surface area contributed by atoms with E-state index in [9.17, 15) is 4.79 Å². The van der Waals surface area contributed by atoms with Gasteiger partial charge in [-0.15, -0.1) is 11.8 Å². The van der Waals surface area contributed by atoms with E-state index < -0.39 is 0 Å². The van der Waals surface area contributed by atoms with Gasteiger partial charge in [-0.25, -0.2) is 0 Å². The average molecular weight is 278 g/mol. The highest BCUT2D eigenvalue weighted by molar-refractivity contribution is 7.99. The summed E-state index contributed by atoms with van der Waals surface area (Å²) in [6, 6.07) is 5.64. The van der Waals surface area contributed by atoms with Gasteiger partial charge in [-0.3, -0.25) is 4.79 Å². The second-order valence-corrected chi connectivity index (χ2v) is 6.48. The predicted molar refractivity (Wildman–Crippen MR) is 81.6 cm³/mol. The van der Waals surface area contributed by atoms with E-state index in [2.05, 4.69) is 0 Å². The third-order valence-corrected chi connectivity index (χ3v) is 4.93. The lowest BCUT2D eigenvalue weighted by Crippen LogP contribution is -2.21. The van der Waals surface area contributed by atoms with Crippen molar-refractivity contribution in [1.82, 2.24) is 4.90 Å². The van der Waals surface area contributed by atoms with Crippen LogP contribution < -0.4 is 5.73 Å². The lowest BCUT2D eigenvalue weighted by Gasteiger charge is -2.13. The fourth-order valence-corrected chi connectivity index (χ4v) is 3.59. The summed E-state index contributed by atoms with van der Waals surface area (Å²) in [7, 11) is 3.50. The molecule has 0 spiro atoms. The van der Waals surface area contributed by atoms with Crippen molar-refractivity contribution in [3.8, 4) is 0 Å². The number of nitrogen functional groups attached to an aromatic ring is 1. The molecule has 0 atom stereocenters. The number of rotatable bonds is 4. The summed E-state index contributed by atoms with van der Waals surface area (Å²) < 4.78 is 0. The standard InChI is InChI=1S/C15H22N2OS/c1-17(2)15(18)12-7-8-14(13(16)9-12)19-10-11-5-3-4-6-11/h7-9,11H,3-6,10,16H2,1-2H3. The van der Waals surface area contributed by atoms with Crippen molar-refractivity contribution < 1.29 is 4.79 Å². The van der Waals surface area contributed by atoms with Crippen molar-refractivity contribution in [3.05, 3.63) is 23.8 Å². The van der Waals surface area contributed by atoms with Crippen LogP contribution in [-0.4, -0.2) is 30.7 Å². The van der Waals surface area contributed by atoms with E-state index in [1.807, 2.05) is 23.9 Å². The minimum absolute atomic E-state index is 0.000886. The molecule has 1 aromatic carbocycles. The summed E-state index contributed by atoms with van der Waals surface area (Å²) in [5, 5.41) is 0. The summed E-state index contributed by atoms with van der Waals surface area (Å²) in [5.74, 6) is 1.98. The number of nitrogens with two attached hydrogens (primary N) is 1. The normalized spacial score (nSPS) is 15.7. The zero-order chi connectivity index (χ0) is 13.8. The van der Waals surface area contributed by atoms with Crippen molar-refractivity contribution in [2.75, 3.05) is 25.6 Å². The van der Waals surface area contributed by atoms with E-state index in [4.69, 9.17) is 5.73 Å². The second-order valence-electron chi connectivity index (χ2n) is 5.41. The first-order valence-corrected chi connectivity index (χ1v) is 7.80. The number of hydrogen-bond acceptors (Lipinski definition) is 3. The molecule has 0 saturated heterocycles. The number of anilines is 1. The Labute approximate surface area is 119 Å². The monoisotopic (exact) mass is 278 g/mol. The Morgan fingerprint density at radius 2 is 2.05 bits per heavy atom. The molecular weight excluding hydrogens is 256 g/mol. The minimum atomic E-state index is -0.000886. The van der Waals surface area contributed by atoms with Gasteiger partial charge < -0.3 is 10.6 Å². The number of amides is 1. The molecule has 0 radical (unpaired) electrons. The van der Waals surface area contributed by atoms with Crippen LogP contribution in [0, 0.1) is 5.92 Å². The van der Waals surface area contributed by atoms with E-state index in [0.717, 1.165) is 22.3 Å². The molecule has 0 bridgehead atoms. The van der Waals surface area contributed by atoms with Crippen LogP contribution in [0.2, 0.25) is 0 Å². The van der Waals surface area contributed by atoms with Gasteiger partial charge in [-0.1, -0.05) is 12.8 Å². The largest absolute Gasteiger partial charge is 0.398 e. The Morgan fingerprint density at radius 1 is 1.37 bits per heavy atom. The van der Waals surface area contributed by atoms with Crippen LogP contribution in [0.3, 0.4) is 0 Å². The molecule has 0 unspecified atom stereocenters.